The summed E-state index contributed by atoms with van der Waals surface area (Å²) in [4.78, 5) is 3.58. The molecule has 1 aromatic rings. The Morgan fingerprint density at radius 2 is 1.91 bits per heavy atom. The van der Waals surface area contributed by atoms with E-state index in [9.17, 15) is 0 Å². The summed E-state index contributed by atoms with van der Waals surface area (Å²) in [6, 6.07) is 8.49. The summed E-state index contributed by atoms with van der Waals surface area (Å²) in [6.07, 6.45) is 5.43. The van der Waals surface area contributed by atoms with Gasteiger partial charge in [0, 0.05) is 29.7 Å². The van der Waals surface area contributed by atoms with Crippen molar-refractivity contribution in [2.45, 2.75) is 40.7 Å². The van der Waals surface area contributed by atoms with Crippen molar-refractivity contribution < 1.29 is 4.11 Å². The van der Waals surface area contributed by atoms with Gasteiger partial charge in [-0.3, -0.25) is 5.01 Å². The second-order valence-electron chi connectivity index (χ2n) is 7.15. The van der Waals surface area contributed by atoms with Crippen molar-refractivity contribution in [2.75, 3.05) is 6.98 Å². The Hall–Kier alpha value is -1.84. The zero-order chi connectivity index (χ0) is 18.6. The van der Waals surface area contributed by atoms with Crippen LogP contribution >= 0.6 is 0 Å². The van der Waals surface area contributed by atoms with E-state index in [0.29, 0.717) is 0 Å². The summed E-state index contributed by atoms with van der Waals surface area (Å²) >= 11 is 0. The molecule has 0 fully saturated rings. The average molecular weight is 298 g/mol. The van der Waals surface area contributed by atoms with Crippen LogP contribution in [0.25, 0.3) is 5.57 Å². The molecule has 2 heterocycles. The van der Waals surface area contributed by atoms with Gasteiger partial charge >= 0.3 is 6.85 Å². The molecule has 2 aliphatic heterocycles. The van der Waals surface area contributed by atoms with E-state index in [1.54, 1.807) is 6.20 Å². The van der Waals surface area contributed by atoms with Gasteiger partial charge in [-0.2, -0.15) is 0 Å². The Morgan fingerprint density at radius 3 is 2.55 bits per heavy atom. The summed E-state index contributed by atoms with van der Waals surface area (Å²) in [5.74, 6) is 0. The molecule has 1 aromatic carbocycles. The molecule has 4 heteroatoms. The first kappa shape index (κ1) is 11.7. The van der Waals surface area contributed by atoms with Crippen LogP contribution in [-0.2, 0) is 0 Å². The predicted molar refractivity (Wildman–Crippen MR) is 95.2 cm³/mol. The number of rotatable bonds is 1. The monoisotopic (exact) mass is 298 g/mol. The van der Waals surface area contributed by atoms with E-state index in [2.05, 4.69) is 63.0 Å². The first-order valence-electron chi connectivity index (χ1n) is 9.37. The Labute approximate surface area is 139 Å². The van der Waals surface area contributed by atoms with Crippen molar-refractivity contribution in [1.29, 1.82) is 0 Å². The topological polar surface area (TPSA) is 9.72 Å². The van der Waals surface area contributed by atoms with E-state index in [-0.39, 0.29) is 18.4 Å². The van der Waals surface area contributed by atoms with E-state index in [1.165, 1.54) is 21.5 Å². The van der Waals surface area contributed by atoms with Crippen molar-refractivity contribution in [3.63, 3.8) is 0 Å². The molecule has 22 heavy (non-hydrogen) atoms. The lowest BCUT2D eigenvalue weighted by atomic mass is 9.53. The lowest BCUT2D eigenvalue weighted by Crippen LogP contribution is -2.56. The summed E-state index contributed by atoms with van der Waals surface area (Å²) in [7, 11) is 0. The van der Waals surface area contributed by atoms with Crippen LogP contribution in [0.2, 0.25) is 6.82 Å². The zero-order valence-corrected chi connectivity index (χ0v) is 14.0. The van der Waals surface area contributed by atoms with E-state index < -0.39 is 6.98 Å². The molecule has 116 valence electrons. The van der Waals surface area contributed by atoms with Crippen molar-refractivity contribution in [2.24, 2.45) is 5.41 Å². The van der Waals surface area contributed by atoms with Gasteiger partial charge in [-0.1, -0.05) is 51.9 Å². The van der Waals surface area contributed by atoms with E-state index in [1.807, 2.05) is 18.1 Å². The fraction of sp³-hybridized carbons (Fsp3) is 0.444. The largest absolute Gasteiger partial charge is 0.358 e. The molecule has 0 aromatic heterocycles. The maximum Gasteiger partial charge on any atom is 0.310 e. The highest BCUT2D eigenvalue weighted by atomic mass is 15.7. The first-order chi connectivity index (χ1) is 11.5. The molecule has 3 nitrogen and oxygen atoms in total. The fourth-order valence-corrected chi connectivity index (χ4v) is 3.21. The first-order valence-corrected chi connectivity index (χ1v) is 7.87. The highest BCUT2D eigenvalue weighted by Gasteiger charge is 2.36. The molecule has 0 unspecified atom stereocenters. The molecule has 0 saturated carbocycles. The van der Waals surface area contributed by atoms with Gasteiger partial charge in [-0.05, 0) is 28.9 Å². The zero-order valence-electron chi connectivity index (χ0n) is 17.0. The molecule has 3 rings (SSSR count). The van der Waals surface area contributed by atoms with Crippen LogP contribution in [0.5, 0.6) is 0 Å². The van der Waals surface area contributed by atoms with Crippen LogP contribution in [0.3, 0.4) is 0 Å². The molecule has 0 aliphatic carbocycles. The molecular weight excluding hydrogens is 269 g/mol. The Balaban J connectivity index is 2.02. The van der Waals surface area contributed by atoms with Gasteiger partial charge in [0.05, 0.1) is 0 Å². The second kappa shape index (κ2) is 5.11. The number of hydrogen-bond donors (Lipinski definition) is 0. The standard InChI is InChI=1S/C18H26BN3/c1-14-20(6)11-12-21(14)22-13-16(18(2,3)4)15-9-7-8-10-17(15)19(22)5/h7-14H,1-6H3/t14-/m0/s1/i6D3. The van der Waals surface area contributed by atoms with Gasteiger partial charge in [0.15, 0.2) is 0 Å². The van der Waals surface area contributed by atoms with Crippen LogP contribution in [0.15, 0.2) is 42.9 Å². The van der Waals surface area contributed by atoms with E-state index in [0.717, 1.165) is 0 Å². The molecular formula is C18H26BN3. The lowest BCUT2D eigenvalue weighted by Gasteiger charge is -2.44. The fourth-order valence-electron chi connectivity index (χ4n) is 3.21. The normalized spacial score (nSPS) is 24.0. The average Bonchev–Trinajstić information content (AvgIpc) is 2.88. The number of nitrogens with zero attached hydrogens (tertiary/aromatic N) is 3. The summed E-state index contributed by atoms with van der Waals surface area (Å²) in [6.45, 7) is 8.70. The number of hydrazine groups is 1. The van der Waals surface area contributed by atoms with Crippen LogP contribution < -0.4 is 5.46 Å². The molecule has 0 radical (unpaired) electrons. The SMILES string of the molecule is [2H]C([2H])([2H])N1C=CN(N2C=C(C(C)(C)C)c3ccccc3B2C)[C@H]1C. The Bertz CT molecular complexity index is 721. The van der Waals surface area contributed by atoms with Crippen molar-refractivity contribution in [3.05, 3.63) is 48.4 Å². The highest BCUT2D eigenvalue weighted by molar-refractivity contribution is 6.71. The molecule has 2 aliphatic rings. The molecule has 0 N–H and O–H groups in total. The van der Waals surface area contributed by atoms with Gasteiger partial charge in [-0.15, -0.1) is 0 Å². The maximum atomic E-state index is 7.72. The van der Waals surface area contributed by atoms with Crippen LogP contribution in [0.4, 0.5) is 0 Å². The predicted octanol–water partition coefficient (Wildman–Crippen LogP) is 3.20. The number of hydrogen-bond acceptors (Lipinski definition) is 3. The molecule has 1 atom stereocenters. The number of benzene rings is 1. The summed E-state index contributed by atoms with van der Waals surface area (Å²) in [5, 5.41) is 2.01. The van der Waals surface area contributed by atoms with Gasteiger partial charge < -0.3 is 9.82 Å². The Kier molecular flexibility index (Phi) is 2.72. The van der Waals surface area contributed by atoms with E-state index in [4.69, 9.17) is 4.11 Å². The minimum Gasteiger partial charge on any atom is -0.358 e. The van der Waals surface area contributed by atoms with Crippen LogP contribution in [0, 0.1) is 5.41 Å². The quantitative estimate of drug-likeness (QED) is 0.737. The molecule has 0 saturated heterocycles. The summed E-state index contributed by atoms with van der Waals surface area (Å²) in [5.41, 5.74) is 3.80. The minimum atomic E-state index is -2.14. The third kappa shape index (κ3) is 2.31. The van der Waals surface area contributed by atoms with Crippen molar-refractivity contribution in [3.8, 4) is 0 Å². The second-order valence-corrected chi connectivity index (χ2v) is 7.15. The van der Waals surface area contributed by atoms with Crippen LogP contribution in [0.1, 0.15) is 37.4 Å². The number of fused-ring (bicyclic) bond motifs is 1. The van der Waals surface area contributed by atoms with Gasteiger partial charge in [0.1, 0.15) is 6.17 Å². The maximum absolute atomic E-state index is 7.72. The van der Waals surface area contributed by atoms with Crippen LogP contribution in [-0.4, -0.2) is 34.8 Å². The third-order valence-corrected chi connectivity index (χ3v) is 4.60. The molecule has 0 bridgehead atoms. The molecule has 0 amide bonds. The summed E-state index contributed by atoms with van der Waals surface area (Å²) < 4.78 is 23.2. The number of allylic oxidation sites excluding steroid dienone is 1. The van der Waals surface area contributed by atoms with Gasteiger partial charge in [0.25, 0.3) is 0 Å². The van der Waals surface area contributed by atoms with Crippen molar-refractivity contribution in [1.82, 2.24) is 14.8 Å². The highest BCUT2D eigenvalue weighted by Crippen LogP contribution is 2.37. The smallest absolute Gasteiger partial charge is 0.310 e. The van der Waals surface area contributed by atoms with Gasteiger partial charge in [0.2, 0.25) is 0 Å². The molecule has 0 spiro atoms. The third-order valence-electron chi connectivity index (χ3n) is 4.60. The minimum absolute atomic E-state index is 0.00904. The Morgan fingerprint density at radius 1 is 1.18 bits per heavy atom. The lowest BCUT2D eigenvalue weighted by molar-refractivity contribution is 0.0726. The van der Waals surface area contributed by atoms with Gasteiger partial charge in [-0.25, -0.2) is 0 Å². The van der Waals surface area contributed by atoms with E-state index >= 15 is 0 Å². The van der Waals surface area contributed by atoms with Crippen molar-refractivity contribution >= 4 is 17.9 Å².